The van der Waals surface area contributed by atoms with Gasteiger partial charge < -0.3 is 9.88 Å². The van der Waals surface area contributed by atoms with Gasteiger partial charge in [0.05, 0.1) is 0 Å². The van der Waals surface area contributed by atoms with Crippen LogP contribution in [0.3, 0.4) is 0 Å². The predicted octanol–water partition coefficient (Wildman–Crippen LogP) is 3.11. The molecule has 0 aliphatic heterocycles. The maximum atomic E-state index is 12.0. The molecule has 0 radical (unpaired) electrons. The first-order valence-corrected chi connectivity index (χ1v) is 6.43. The van der Waals surface area contributed by atoms with E-state index in [-0.39, 0.29) is 11.9 Å². The zero-order chi connectivity index (χ0) is 13.3. The lowest BCUT2D eigenvalue weighted by atomic mass is 10.1. The fourth-order valence-electron chi connectivity index (χ4n) is 2.30. The fourth-order valence-corrected chi connectivity index (χ4v) is 2.30. The molecule has 3 heteroatoms. The second-order valence-corrected chi connectivity index (χ2v) is 4.93. The Balaban J connectivity index is 2.46. The van der Waals surface area contributed by atoms with Crippen molar-refractivity contribution in [2.24, 2.45) is 0 Å². The van der Waals surface area contributed by atoms with E-state index in [0.29, 0.717) is 0 Å². The first-order valence-electron chi connectivity index (χ1n) is 6.43. The minimum Gasteiger partial charge on any atom is -0.350 e. The van der Waals surface area contributed by atoms with Crippen LogP contribution >= 0.6 is 0 Å². The Morgan fingerprint density at radius 1 is 1.33 bits per heavy atom. The van der Waals surface area contributed by atoms with Crippen LogP contribution in [0.2, 0.25) is 0 Å². The van der Waals surface area contributed by atoms with E-state index in [1.54, 1.807) is 0 Å². The first kappa shape index (κ1) is 12.7. The molecule has 1 N–H and O–H groups in total. The molecule has 0 aliphatic carbocycles. The van der Waals surface area contributed by atoms with Crippen LogP contribution < -0.4 is 5.32 Å². The molecule has 0 spiro atoms. The summed E-state index contributed by atoms with van der Waals surface area (Å²) in [6.07, 6.45) is 0. The van der Waals surface area contributed by atoms with Crippen LogP contribution in [-0.4, -0.2) is 16.5 Å². The minimum absolute atomic E-state index is 0.00611. The number of amides is 1. The highest BCUT2D eigenvalue weighted by Gasteiger charge is 2.10. The second-order valence-electron chi connectivity index (χ2n) is 4.93. The van der Waals surface area contributed by atoms with Crippen molar-refractivity contribution in [1.29, 1.82) is 0 Å². The second kappa shape index (κ2) is 4.84. The van der Waals surface area contributed by atoms with Crippen molar-refractivity contribution in [2.45, 2.75) is 40.3 Å². The molecule has 2 rings (SSSR count). The number of hydrogen-bond donors (Lipinski definition) is 1. The number of hydrogen-bond acceptors (Lipinski definition) is 1. The van der Waals surface area contributed by atoms with E-state index in [9.17, 15) is 4.79 Å². The maximum absolute atomic E-state index is 12.0. The molecule has 1 aromatic carbocycles. The third kappa shape index (κ3) is 2.26. The zero-order valence-corrected chi connectivity index (χ0v) is 11.4. The van der Waals surface area contributed by atoms with Gasteiger partial charge in [-0.15, -0.1) is 0 Å². The SMILES string of the molecule is CCn1c(C)cc2ccc(C(=O)NC(C)C)cc21. The maximum Gasteiger partial charge on any atom is 0.251 e. The van der Waals surface area contributed by atoms with Gasteiger partial charge in [-0.3, -0.25) is 4.79 Å². The number of aromatic nitrogens is 1. The summed E-state index contributed by atoms with van der Waals surface area (Å²) >= 11 is 0. The molecule has 3 nitrogen and oxygen atoms in total. The lowest BCUT2D eigenvalue weighted by Crippen LogP contribution is -2.30. The third-order valence-electron chi connectivity index (χ3n) is 3.11. The zero-order valence-electron chi connectivity index (χ0n) is 11.4. The molecule has 0 aliphatic rings. The molecule has 0 saturated heterocycles. The number of aryl methyl sites for hydroxylation is 2. The summed E-state index contributed by atoms with van der Waals surface area (Å²) in [6, 6.07) is 8.20. The number of nitrogens with zero attached hydrogens (tertiary/aromatic N) is 1. The Morgan fingerprint density at radius 2 is 2.06 bits per heavy atom. The molecule has 0 atom stereocenters. The van der Waals surface area contributed by atoms with Gasteiger partial charge in [-0.2, -0.15) is 0 Å². The van der Waals surface area contributed by atoms with Gasteiger partial charge in [0.15, 0.2) is 0 Å². The topological polar surface area (TPSA) is 34.0 Å². The fraction of sp³-hybridized carbons (Fsp3) is 0.400. The Labute approximate surface area is 108 Å². The van der Waals surface area contributed by atoms with Crippen molar-refractivity contribution in [3.05, 3.63) is 35.5 Å². The van der Waals surface area contributed by atoms with Crippen molar-refractivity contribution in [3.8, 4) is 0 Å². The van der Waals surface area contributed by atoms with E-state index in [4.69, 9.17) is 0 Å². The average Bonchev–Trinajstić information content (AvgIpc) is 2.62. The average molecular weight is 244 g/mol. The van der Waals surface area contributed by atoms with Crippen LogP contribution in [0.1, 0.15) is 36.8 Å². The Bertz CT molecular complexity index is 581. The van der Waals surface area contributed by atoms with E-state index in [1.807, 2.05) is 32.0 Å². The molecular weight excluding hydrogens is 224 g/mol. The van der Waals surface area contributed by atoms with Gasteiger partial charge in [0.1, 0.15) is 0 Å². The number of benzene rings is 1. The van der Waals surface area contributed by atoms with E-state index in [2.05, 4.69) is 29.8 Å². The summed E-state index contributed by atoms with van der Waals surface area (Å²) < 4.78 is 2.22. The van der Waals surface area contributed by atoms with Crippen LogP contribution in [0.25, 0.3) is 10.9 Å². The van der Waals surface area contributed by atoms with Gasteiger partial charge in [-0.25, -0.2) is 0 Å². The summed E-state index contributed by atoms with van der Waals surface area (Å²) in [4.78, 5) is 12.0. The van der Waals surface area contributed by atoms with Gasteiger partial charge in [-0.1, -0.05) is 6.07 Å². The van der Waals surface area contributed by atoms with Crippen LogP contribution in [0, 0.1) is 6.92 Å². The van der Waals surface area contributed by atoms with E-state index < -0.39 is 0 Å². The predicted molar refractivity (Wildman–Crippen MR) is 75.0 cm³/mol. The quantitative estimate of drug-likeness (QED) is 0.884. The smallest absolute Gasteiger partial charge is 0.251 e. The van der Waals surface area contributed by atoms with Crippen molar-refractivity contribution in [2.75, 3.05) is 0 Å². The lowest BCUT2D eigenvalue weighted by Gasteiger charge is -2.09. The van der Waals surface area contributed by atoms with Gasteiger partial charge >= 0.3 is 0 Å². The monoisotopic (exact) mass is 244 g/mol. The first-order chi connectivity index (χ1) is 8.52. The van der Waals surface area contributed by atoms with Crippen molar-refractivity contribution in [3.63, 3.8) is 0 Å². The van der Waals surface area contributed by atoms with Crippen molar-refractivity contribution >= 4 is 16.8 Å². The summed E-state index contributed by atoms with van der Waals surface area (Å²) in [7, 11) is 0. The molecule has 0 unspecified atom stereocenters. The Hall–Kier alpha value is -1.77. The molecule has 0 saturated carbocycles. The van der Waals surface area contributed by atoms with Crippen LogP contribution in [0.5, 0.6) is 0 Å². The van der Waals surface area contributed by atoms with Gasteiger partial charge in [0.25, 0.3) is 5.91 Å². The summed E-state index contributed by atoms with van der Waals surface area (Å²) in [5, 5.41) is 4.11. The largest absolute Gasteiger partial charge is 0.350 e. The third-order valence-corrected chi connectivity index (χ3v) is 3.11. The highest BCUT2D eigenvalue weighted by atomic mass is 16.1. The molecule has 2 aromatic rings. The number of fused-ring (bicyclic) bond motifs is 1. The van der Waals surface area contributed by atoms with E-state index in [1.165, 1.54) is 11.1 Å². The van der Waals surface area contributed by atoms with Crippen molar-refractivity contribution in [1.82, 2.24) is 9.88 Å². The molecule has 1 aromatic heterocycles. The van der Waals surface area contributed by atoms with Gasteiger partial charge in [0, 0.05) is 29.4 Å². The number of carbonyl (C=O) groups excluding carboxylic acids is 1. The van der Waals surface area contributed by atoms with Gasteiger partial charge in [-0.05, 0) is 51.3 Å². The number of nitrogens with one attached hydrogen (secondary N) is 1. The summed E-state index contributed by atoms with van der Waals surface area (Å²) in [5.74, 6) is -0.00611. The summed E-state index contributed by atoms with van der Waals surface area (Å²) in [6.45, 7) is 9.07. The Morgan fingerprint density at radius 3 is 2.67 bits per heavy atom. The number of rotatable bonds is 3. The van der Waals surface area contributed by atoms with Crippen LogP contribution in [0.4, 0.5) is 0 Å². The van der Waals surface area contributed by atoms with E-state index in [0.717, 1.165) is 17.6 Å². The van der Waals surface area contributed by atoms with E-state index >= 15 is 0 Å². The lowest BCUT2D eigenvalue weighted by molar-refractivity contribution is 0.0943. The molecule has 0 bridgehead atoms. The molecule has 1 amide bonds. The van der Waals surface area contributed by atoms with Crippen molar-refractivity contribution < 1.29 is 4.79 Å². The van der Waals surface area contributed by atoms with Gasteiger partial charge in [0.2, 0.25) is 0 Å². The highest BCUT2D eigenvalue weighted by molar-refractivity contribution is 5.98. The highest BCUT2D eigenvalue weighted by Crippen LogP contribution is 2.21. The van der Waals surface area contributed by atoms with Crippen LogP contribution in [-0.2, 0) is 6.54 Å². The molecule has 18 heavy (non-hydrogen) atoms. The normalized spacial score (nSPS) is 11.2. The molecule has 1 heterocycles. The van der Waals surface area contributed by atoms with Crippen LogP contribution in [0.15, 0.2) is 24.3 Å². The minimum atomic E-state index is -0.00611. The standard InChI is InChI=1S/C15H20N2O/c1-5-17-11(4)8-12-6-7-13(9-14(12)17)15(18)16-10(2)3/h6-10H,5H2,1-4H3,(H,16,18). The number of carbonyl (C=O) groups is 1. The molecule has 0 fully saturated rings. The summed E-state index contributed by atoms with van der Waals surface area (Å²) in [5.41, 5.74) is 3.09. The Kier molecular flexibility index (Phi) is 3.41. The molecule has 96 valence electrons. The molecular formula is C15H20N2O.